The first-order chi connectivity index (χ1) is 10.2. The number of carbonyl (C=O) groups is 1. The zero-order valence-corrected chi connectivity index (χ0v) is 11.9. The molecule has 0 unspecified atom stereocenters. The van der Waals surface area contributed by atoms with Crippen LogP contribution in [0.3, 0.4) is 0 Å². The first-order valence-electron chi connectivity index (χ1n) is 6.60. The molecule has 0 bridgehead atoms. The number of benzene rings is 3. The van der Waals surface area contributed by atoms with E-state index in [1.54, 1.807) is 12.1 Å². The number of carbonyl (C=O) groups excluding carboxylic acids is 1. The van der Waals surface area contributed by atoms with Gasteiger partial charge in [-0.05, 0) is 40.3 Å². The first kappa shape index (κ1) is 13.8. The molecular formula is C18H12ClFO. The number of fused-ring (bicyclic) bond motifs is 1. The molecule has 104 valence electrons. The second-order valence-electron chi connectivity index (χ2n) is 4.82. The fourth-order valence-corrected chi connectivity index (χ4v) is 2.92. The maximum atomic E-state index is 13.6. The SMILES string of the molecule is O=CCc1cc(Cl)c2ccccc2c1-c1cccc(F)c1. The Morgan fingerprint density at radius 3 is 2.48 bits per heavy atom. The molecule has 3 rings (SSSR count). The van der Waals surface area contributed by atoms with Crippen LogP contribution < -0.4 is 0 Å². The van der Waals surface area contributed by atoms with Gasteiger partial charge in [0.05, 0.1) is 0 Å². The number of hydrogen-bond donors (Lipinski definition) is 0. The van der Waals surface area contributed by atoms with Gasteiger partial charge in [0.2, 0.25) is 0 Å². The Bertz CT molecular complexity index is 827. The van der Waals surface area contributed by atoms with Gasteiger partial charge in [0.25, 0.3) is 0 Å². The van der Waals surface area contributed by atoms with Gasteiger partial charge in [-0.15, -0.1) is 0 Å². The van der Waals surface area contributed by atoms with Crippen molar-refractivity contribution in [1.29, 1.82) is 0 Å². The molecule has 0 aliphatic rings. The molecule has 3 heteroatoms. The van der Waals surface area contributed by atoms with Gasteiger partial charge >= 0.3 is 0 Å². The Balaban J connectivity index is 2.40. The molecule has 0 saturated carbocycles. The van der Waals surface area contributed by atoms with Gasteiger partial charge in [0, 0.05) is 16.8 Å². The minimum absolute atomic E-state index is 0.246. The number of aldehydes is 1. The topological polar surface area (TPSA) is 17.1 Å². The molecule has 3 aromatic rings. The van der Waals surface area contributed by atoms with Crippen LogP contribution in [0.2, 0.25) is 5.02 Å². The largest absolute Gasteiger partial charge is 0.303 e. The first-order valence-corrected chi connectivity index (χ1v) is 6.98. The van der Waals surface area contributed by atoms with Crippen LogP contribution in [0, 0.1) is 5.82 Å². The summed E-state index contributed by atoms with van der Waals surface area (Å²) in [7, 11) is 0. The van der Waals surface area contributed by atoms with Gasteiger partial charge in [-0.2, -0.15) is 0 Å². The Morgan fingerprint density at radius 1 is 1.00 bits per heavy atom. The van der Waals surface area contributed by atoms with Crippen LogP contribution in [0.25, 0.3) is 21.9 Å². The highest BCUT2D eigenvalue weighted by Crippen LogP contribution is 2.36. The summed E-state index contributed by atoms with van der Waals surface area (Å²) >= 11 is 6.30. The summed E-state index contributed by atoms with van der Waals surface area (Å²) in [4.78, 5) is 11.0. The predicted molar refractivity (Wildman–Crippen MR) is 84.1 cm³/mol. The third-order valence-corrected chi connectivity index (χ3v) is 3.81. The van der Waals surface area contributed by atoms with Crippen LogP contribution in [-0.4, -0.2) is 6.29 Å². The second kappa shape index (κ2) is 5.66. The van der Waals surface area contributed by atoms with Crippen molar-refractivity contribution < 1.29 is 9.18 Å². The van der Waals surface area contributed by atoms with Crippen molar-refractivity contribution in [3.05, 3.63) is 71.0 Å². The Labute approximate surface area is 127 Å². The summed E-state index contributed by atoms with van der Waals surface area (Å²) in [5, 5.41) is 2.42. The molecule has 0 aromatic heterocycles. The predicted octanol–water partition coefficient (Wildman–Crippen LogP) is 5.04. The minimum atomic E-state index is -0.302. The van der Waals surface area contributed by atoms with E-state index in [9.17, 15) is 9.18 Å². The van der Waals surface area contributed by atoms with Crippen molar-refractivity contribution in [2.45, 2.75) is 6.42 Å². The fraction of sp³-hybridized carbons (Fsp3) is 0.0556. The molecule has 0 radical (unpaired) electrons. The van der Waals surface area contributed by atoms with Crippen LogP contribution >= 0.6 is 11.6 Å². The van der Waals surface area contributed by atoms with E-state index in [0.717, 1.165) is 33.7 Å². The molecule has 0 spiro atoms. The van der Waals surface area contributed by atoms with E-state index in [0.29, 0.717) is 5.02 Å². The second-order valence-corrected chi connectivity index (χ2v) is 5.23. The average molecular weight is 299 g/mol. The van der Waals surface area contributed by atoms with Crippen molar-refractivity contribution in [3.63, 3.8) is 0 Å². The molecular weight excluding hydrogens is 287 g/mol. The van der Waals surface area contributed by atoms with Gasteiger partial charge < -0.3 is 4.79 Å². The van der Waals surface area contributed by atoms with E-state index in [-0.39, 0.29) is 12.2 Å². The zero-order valence-electron chi connectivity index (χ0n) is 11.1. The third kappa shape index (κ3) is 2.55. The Kier molecular flexibility index (Phi) is 3.72. The maximum absolute atomic E-state index is 13.6. The molecule has 0 heterocycles. The molecule has 21 heavy (non-hydrogen) atoms. The molecule has 0 aliphatic carbocycles. The molecule has 0 fully saturated rings. The summed E-state index contributed by atoms with van der Waals surface area (Å²) in [6.45, 7) is 0. The van der Waals surface area contributed by atoms with E-state index < -0.39 is 0 Å². The smallest absolute Gasteiger partial charge is 0.124 e. The summed E-state index contributed by atoms with van der Waals surface area (Å²) in [6, 6.07) is 15.9. The fourth-order valence-electron chi connectivity index (χ4n) is 2.62. The van der Waals surface area contributed by atoms with Crippen molar-refractivity contribution >= 4 is 28.7 Å². The molecule has 0 amide bonds. The standard InChI is InChI=1S/C18H12ClFO/c19-17-11-13(8-9-21)18(12-4-3-5-14(20)10-12)16-7-2-1-6-15(16)17/h1-7,9-11H,8H2. The van der Waals surface area contributed by atoms with Gasteiger partial charge in [0.15, 0.2) is 0 Å². The van der Waals surface area contributed by atoms with Gasteiger partial charge in [-0.1, -0.05) is 48.0 Å². The van der Waals surface area contributed by atoms with E-state index in [4.69, 9.17) is 11.6 Å². The Hall–Kier alpha value is -2.19. The van der Waals surface area contributed by atoms with Gasteiger partial charge in [-0.3, -0.25) is 0 Å². The summed E-state index contributed by atoms with van der Waals surface area (Å²) in [5.74, 6) is -0.302. The minimum Gasteiger partial charge on any atom is -0.303 e. The normalized spacial score (nSPS) is 10.8. The lowest BCUT2D eigenvalue weighted by Crippen LogP contribution is -1.94. The number of halogens is 2. The van der Waals surface area contributed by atoms with Crippen LogP contribution in [-0.2, 0) is 11.2 Å². The highest BCUT2D eigenvalue weighted by molar-refractivity contribution is 6.36. The summed E-state index contributed by atoms with van der Waals surface area (Å²) < 4.78 is 13.6. The summed E-state index contributed by atoms with van der Waals surface area (Å²) in [6.07, 6.45) is 1.08. The third-order valence-electron chi connectivity index (χ3n) is 3.49. The van der Waals surface area contributed by atoms with Crippen molar-refractivity contribution in [2.24, 2.45) is 0 Å². The number of rotatable bonds is 3. The van der Waals surface area contributed by atoms with E-state index in [1.165, 1.54) is 12.1 Å². The lowest BCUT2D eigenvalue weighted by atomic mass is 9.92. The molecule has 0 saturated heterocycles. The zero-order chi connectivity index (χ0) is 14.8. The van der Waals surface area contributed by atoms with Crippen LogP contribution in [0.5, 0.6) is 0 Å². The molecule has 0 atom stereocenters. The van der Waals surface area contributed by atoms with E-state index in [1.807, 2.05) is 30.3 Å². The lowest BCUT2D eigenvalue weighted by molar-refractivity contribution is -0.107. The highest BCUT2D eigenvalue weighted by atomic mass is 35.5. The van der Waals surface area contributed by atoms with Crippen LogP contribution in [0.4, 0.5) is 4.39 Å². The van der Waals surface area contributed by atoms with Crippen molar-refractivity contribution in [1.82, 2.24) is 0 Å². The van der Waals surface area contributed by atoms with E-state index >= 15 is 0 Å². The molecule has 1 nitrogen and oxygen atoms in total. The Morgan fingerprint density at radius 2 is 1.76 bits per heavy atom. The highest BCUT2D eigenvalue weighted by Gasteiger charge is 2.13. The molecule has 0 N–H and O–H groups in total. The lowest BCUT2D eigenvalue weighted by Gasteiger charge is -2.13. The van der Waals surface area contributed by atoms with Crippen LogP contribution in [0.1, 0.15) is 5.56 Å². The van der Waals surface area contributed by atoms with Gasteiger partial charge in [0.1, 0.15) is 12.1 Å². The average Bonchev–Trinajstić information content (AvgIpc) is 2.48. The number of hydrogen-bond acceptors (Lipinski definition) is 1. The molecule has 0 aliphatic heterocycles. The maximum Gasteiger partial charge on any atom is 0.124 e. The molecule has 3 aromatic carbocycles. The van der Waals surface area contributed by atoms with Crippen molar-refractivity contribution in [2.75, 3.05) is 0 Å². The summed E-state index contributed by atoms with van der Waals surface area (Å²) in [5.41, 5.74) is 2.42. The van der Waals surface area contributed by atoms with Gasteiger partial charge in [-0.25, -0.2) is 4.39 Å². The van der Waals surface area contributed by atoms with E-state index in [2.05, 4.69) is 0 Å². The monoisotopic (exact) mass is 298 g/mol. The van der Waals surface area contributed by atoms with Crippen LogP contribution in [0.15, 0.2) is 54.6 Å². The van der Waals surface area contributed by atoms with Crippen molar-refractivity contribution in [3.8, 4) is 11.1 Å². The quantitative estimate of drug-likeness (QED) is 0.619.